The Morgan fingerprint density at radius 2 is 1.84 bits per heavy atom. The Hall–Kier alpha value is -1.57. The second-order valence-electron chi connectivity index (χ2n) is 6.16. The fraction of sp³-hybridized carbons (Fsp3) is 0.533. The zero-order valence-electron chi connectivity index (χ0n) is 11.8. The maximum absolute atomic E-state index is 10.4. The highest BCUT2D eigenvalue weighted by atomic mass is 16.3. The third kappa shape index (κ3) is 3.06. The molecule has 0 aromatic heterocycles. The van der Waals surface area contributed by atoms with Crippen LogP contribution < -0.4 is 10.2 Å². The van der Waals surface area contributed by atoms with Crippen LogP contribution in [0.2, 0.25) is 0 Å². The van der Waals surface area contributed by atoms with Gasteiger partial charge in [-0.05, 0) is 45.0 Å². The standard InChI is InChI=1S/C15H21N3O/c1-14(2)9-17-10-15(3,19)11-18(14)13-6-4-12(8-16)5-7-13/h4-7,17,19H,9-11H2,1-3H3. The molecule has 1 heterocycles. The first-order valence-corrected chi connectivity index (χ1v) is 6.55. The fourth-order valence-corrected chi connectivity index (χ4v) is 2.50. The summed E-state index contributed by atoms with van der Waals surface area (Å²) in [6.45, 7) is 8.11. The zero-order valence-corrected chi connectivity index (χ0v) is 11.8. The third-order valence-electron chi connectivity index (χ3n) is 3.60. The van der Waals surface area contributed by atoms with Crippen LogP contribution in [0.25, 0.3) is 0 Å². The van der Waals surface area contributed by atoms with Crippen molar-refractivity contribution in [3.8, 4) is 6.07 Å². The van der Waals surface area contributed by atoms with Gasteiger partial charge in [0.1, 0.15) is 0 Å². The van der Waals surface area contributed by atoms with Crippen molar-refractivity contribution in [2.24, 2.45) is 0 Å². The Morgan fingerprint density at radius 1 is 1.21 bits per heavy atom. The molecule has 0 radical (unpaired) electrons. The van der Waals surface area contributed by atoms with Crippen molar-refractivity contribution in [3.63, 3.8) is 0 Å². The molecule has 1 aliphatic rings. The summed E-state index contributed by atoms with van der Waals surface area (Å²) in [6, 6.07) is 9.65. The van der Waals surface area contributed by atoms with Gasteiger partial charge in [-0.15, -0.1) is 0 Å². The van der Waals surface area contributed by atoms with Gasteiger partial charge in [-0.2, -0.15) is 5.26 Å². The summed E-state index contributed by atoms with van der Waals surface area (Å²) >= 11 is 0. The summed E-state index contributed by atoms with van der Waals surface area (Å²) in [5.74, 6) is 0. The van der Waals surface area contributed by atoms with Crippen LogP contribution in [0, 0.1) is 11.3 Å². The van der Waals surface area contributed by atoms with Crippen molar-refractivity contribution in [1.29, 1.82) is 5.26 Å². The van der Waals surface area contributed by atoms with Crippen molar-refractivity contribution in [2.45, 2.75) is 31.9 Å². The molecule has 2 N–H and O–H groups in total. The SMILES string of the molecule is CC1(O)CNCC(C)(C)N(c2ccc(C#N)cc2)C1. The van der Waals surface area contributed by atoms with Crippen LogP contribution in [0.15, 0.2) is 24.3 Å². The Morgan fingerprint density at radius 3 is 2.42 bits per heavy atom. The number of nitriles is 1. The summed E-state index contributed by atoms with van der Waals surface area (Å²) < 4.78 is 0. The molecule has 0 aliphatic carbocycles. The monoisotopic (exact) mass is 259 g/mol. The second kappa shape index (κ2) is 4.84. The van der Waals surface area contributed by atoms with E-state index in [0.717, 1.165) is 12.2 Å². The molecule has 0 amide bonds. The molecule has 1 fully saturated rings. The van der Waals surface area contributed by atoms with E-state index >= 15 is 0 Å². The van der Waals surface area contributed by atoms with Gasteiger partial charge < -0.3 is 15.3 Å². The summed E-state index contributed by atoms with van der Waals surface area (Å²) in [7, 11) is 0. The molecular formula is C15H21N3O. The molecule has 2 rings (SSSR count). The van der Waals surface area contributed by atoms with Crippen molar-refractivity contribution in [2.75, 3.05) is 24.5 Å². The van der Waals surface area contributed by atoms with Crippen LogP contribution in [0.1, 0.15) is 26.3 Å². The minimum absolute atomic E-state index is 0.0886. The molecule has 19 heavy (non-hydrogen) atoms. The van der Waals surface area contributed by atoms with Crippen LogP contribution in [0.5, 0.6) is 0 Å². The van der Waals surface area contributed by atoms with Gasteiger partial charge in [0, 0.05) is 30.9 Å². The van der Waals surface area contributed by atoms with E-state index in [9.17, 15) is 5.11 Å². The van der Waals surface area contributed by atoms with Gasteiger partial charge in [0.25, 0.3) is 0 Å². The number of aliphatic hydroxyl groups is 1. The van der Waals surface area contributed by atoms with E-state index in [1.807, 2.05) is 31.2 Å². The molecule has 0 bridgehead atoms. The van der Waals surface area contributed by atoms with Gasteiger partial charge in [-0.25, -0.2) is 0 Å². The second-order valence-corrected chi connectivity index (χ2v) is 6.16. The lowest BCUT2D eigenvalue weighted by Crippen LogP contribution is -2.51. The molecule has 1 aromatic rings. The van der Waals surface area contributed by atoms with E-state index in [2.05, 4.69) is 30.1 Å². The highest BCUT2D eigenvalue weighted by Crippen LogP contribution is 2.28. The number of nitrogens with zero attached hydrogens (tertiary/aromatic N) is 2. The lowest BCUT2D eigenvalue weighted by atomic mass is 9.99. The van der Waals surface area contributed by atoms with Gasteiger partial charge in [0.2, 0.25) is 0 Å². The highest BCUT2D eigenvalue weighted by molar-refractivity contribution is 5.52. The van der Waals surface area contributed by atoms with Gasteiger partial charge in [0.05, 0.1) is 17.2 Å². The number of benzene rings is 1. The van der Waals surface area contributed by atoms with Crippen LogP contribution in [0.4, 0.5) is 5.69 Å². The Labute approximate surface area is 114 Å². The number of nitrogens with one attached hydrogen (secondary N) is 1. The molecule has 4 heteroatoms. The Kier molecular flexibility index (Phi) is 3.53. The number of rotatable bonds is 1. The molecule has 1 saturated heterocycles. The normalized spacial score (nSPS) is 26.6. The van der Waals surface area contributed by atoms with E-state index in [1.165, 1.54) is 0 Å². The van der Waals surface area contributed by atoms with Crippen LogP contribution in [0.3, 0.4) is 0 Å². The summed E-state index contributed by atoms with van der Waals surface area (Å²) in [5.41, 5.74) is 0.838. The van der Waals surface area contributed by atoms with E-state index in [0.29, 0.717) is 18.7 Å². The molecule has 0 spiro atoms. The van der Waals surface area contributed by atoms with Gasteiger partial charge >= 0.3 is 0 Å². The van der Waals surface area contributed by atoms with E-state index in [-0.39, 0.29) is 5.54 Å². The molecule has 1 atom stereocenters. The Bertz CT molecular complexity index is 485. The number of anilines is 1. The van der Waals surface area contributed by atoms with Crippen molar-refractivity contribution < 1.29 is 5.11 Å². The molecule has 1 aromatic carbocycles. The predicted octanol–water partition coefficient (Wildman–Crippen LogP) is 1.50. The van der Waals surface area contributed by atoms with Gasteiger partial charge in [0.15, 0.2) is 0 Å². The van der Waals surface area contributed by atoms with Crippen molar-refractivity contribution >= 4 is 5.69 Å². The first-order chi connectivity index (χ1) is 8.84. The molecule has 1 unspecified atom stereocenters. The number of β-amino-alcohol motifs (C(OH)–C–C–N with tert-alkyl or cyclic N) is 1. The molecule has 4 nitrogen and oxygen atoms in total. The van der Waals surface area contributed by atoms with Gasteiger partial charge in [-0.1, -0.05) is 0 Å². The van der Waals surface area contributed by atoms with Crippen LogP contribution in [-0.4, -0.2) is 35.9 Å². The fourth-order valence-electron chi connectivity index (χ4n) is 2.50. The van der Waals surface area contributed by atoms with E-state index in [1.54, 1.807) is 0 Å². The summed E-state index contributed by atoms with van der Waals surface area (Å²) in [4.78, 5) is 2.20. The van der Waals surface area contributed by atoms with Crippen molar-refractivity contribution in [1.82, 2.24) is 5.32 Å². The first-order valence-electron chi connectivity index (χ1n) is 6.55. The predicted molar refractivity (Wildman–Crippen MR) is 76.1 cm³/mol. The van der Waals surface area contributed by atoms with E-state index < -0.39 is 5.60 Å². The average molecular weight is 259 g/mol. The van der Waals surface area contributed by atoms with E-state index in [4.69, 9.17) is 5.26 Å². The van der Waals surface area contributed by atoms with Gasteiger partial charge in [-0.3, -0.25) is 0 Å². The van der Waals surface area contributed by atoms with Crippen LogP contribution >= 0.6 is 0 Å². The number of hydrogen-bond acceptors (Lipinski definition) is 4. The van der Waals surface area contributed by atoms with Crippen molar-refractivity contribution in [3.05, 3.63) is 29.8 Å². The molecule has 0 saturated carbocycles. The first kappa shape index (κ1) is 13.9. The summed E-state index contributed by atoms with van der Waals surface area (Å²) in [6.07, 6.45) is 0. The lowest BCUT2D eigenvalue weighted by Gasteiger charge is -2.40. The quantitative estimate of drug-likeness (QED) is 0.802. The maximum Gasteiger partial charge on any atom is 0.0991 e. The smallest absolute Gasteiger partial charge is 0.0991 e. The molecular weight excluding hydrogens is 238 g/mol. The zero-order chi connectivity index (χ0) is 14.1. The number of hydrogen-bond donors (Lipinski definition) is 2. The Balaban J connectivity index is 2.34. The summed E-state index contributed by atoms with van der Waals surface area (Å²) in [5, 5.41) is 22.5. The maximum atomic E-state index is 10.4. The highest BCUT2D eigenvalue weighted by Gasteiger charge is 2.36. The topological polar surface area (TPSA) is 59.3 Å². The minimum Gasteiger partial charge on any atom is -0.387 e. The third-order valence-corrected chi connectivity index (χ3v) is 3.60. The molecule has 102 valence electrons. The largest absolute Gasteiger partial charge is 0.387 e. The minimum atomic E-state index is -0.762. The van der Waals surface area contributed by atoms with Crippen LogP contribution in [-0.2, 0) is 0 Å². The average Bonchev–Trinajstić information content (AvgIpc) is 2.45. The molecule has 1 aliphatic heterocycles. The lowest BCUT2D eigenvalue weighted by molar-refractivity contribution is 0.0720.